The zero-order valence-electron chi connectivity index (χ0n) is 19.6. The van der Waals surface area contributed by atoms with E-state index in [1.54, 1.807) is 24.0 Å². The van der Waals surface area contributed by atoms with E-state index < -0.39 is 30.1 Å². The highest BCUT2D eigenvalue weighted by molar-refractivity contribution is 6.30. The number of hydrogen-bond acceptors (Lipinski definition) is 6. The van der Waals surface area contributed by atoms with Crippen LogP contribution in [0.3, 0.4) is 0 Å². The summed E-state index contributed by atoms with van der Waals surface area (Å²) in [5, 5.41) is 26.3. The number of rotatable bonds is 7. The number of carbonyl (C=O) groups is 2. The van der Waals surface area contributed by atoms with Gasteiger partial charge < -0.3 is 20.4 Å². The molecule has 2 heterocycles. The number of hydrazine groups is 1. The van der Waals surface area contributed by atoms with E-state index in [1.165, 1.54) is 0 Å². The van der Waals surface area contributed by atoms with Crippen molar-refractivity contribution in [2.24, 2.45) is 0 Å². The van der Waals surface area contributed by atoms with Crippen LogP contribution < -0.4 is 15.8 Å². The Bertz CT molecular complexity index is 1080. The average Bonchev–Trinajstić information content (AvgIpc) is 3.42. The van der Waals surface area contributed by atoms with Crippen molar-refractivity contribution < 1.29 is 19.8 Å². The summed E-state index contributed by atoms with van der Waals surface area (Å²) >= 11 is 6.13. The van der Waals surface area contributed by atoms with Crippen molar-refractivity contribution in [2.75, 3.05) is 18.1 Å². The van der Waals surface area contributed by atoms with Gasteiger partial charge in [-0.05, 0) is 61.6 Å². The molecule has 9 heteroatoms. The summed E-state index contributed by atoms with van der Waals surface area (Å²) in [6.45, 7) is 2.98. The van der Waals surface area contributed by atoms with Gasteiger partial charge in [0.2, 0.25) is 0 Å². The Morgan fingerprint density at radius 1 is 1.11 bits per heavy atom. The number of nitrogens with zero attached hydrogens (tertiary/aromatic N) is 2. The summed E-state index contributed by atoms with van der Waals surface area (Å²) in [5.41, 5.74) is 5.84. The molecule has 2 aromatic rings. The van der Waals surface area contributed by atoms with Crippen LogP contribution in [0.4, 0.5) is 5.69 Å². The van der Waals surface area contributed by atoms with E-state index in [2.05, 4.69) is 10.7 Å². The molecule has 2 aliphatic rings. The van der Waals surface area contributed by atoms with Crippen LogP contribution in [0.25, 0.3) is 0 Å². The van der Waals surface area contributed by atoms with Crippen molar-refractivity contribution in [3.05, 3.63) is 77.0 Å². The topological polar surface area (TPSA) is 105 Å². The molecule has 0 aromatic heterocycles. The van der Waals surface area contributed by atoms with Gasteiger partial charge in [-0.3, -0.25) is 14.6 Å². The maximum atomic E-state index is 13.1. The summed E-state index contributed by atoms with van der Waals surface area (Å²) in [5.74, 6) is -1.47. The van der Waals surface area contributed by atoms with Crippen LogP contribution in [-0.4, -0.2) is 52.2 Å². The van der Waals surface area contributed by atoms with E-state index in [-0.39, 0.29) is 6.04 Å². The minimum Gasteiger partial charge on any atom is -0.380 e. The van der Waals surface area contributed by atoms with E-state index >= 15 is 0 Å². The van der Waals surface area contributed by atoms with E-state index in [1.807, 2.05) is 53.7 Å². The SMILES string of the molecule is C[C@@H](NC(=O)[C@H](O)[C@@H](O)C(=O)N1CCCCC1c1cccc(Cl)c1)c1ccc(N2C=CCN2)cc1. The first-order valence-corrected chi connectivity index (χ1v) is 12.2. The molecule has 0 saturated carbocycles. The zero-order chi connectivity index (χ0) is 24.9. The summed E-state index contributed by atoms with van der Waals surface area (Å²) in [7, 11) is 0. The molecular weight excluding hydrogens is 468 g/mol. The van der Waals surface area contributed by atoms with Gasteiger partial charge in [-0.25, -0.2) is 5.43 Å². The summed E-state index contributed by atoms with van der Waals surface area (Å²) in [4.78, 5) is 27.4. The highest BCUT2D eigenvalue weighted by Crippen LogP contribution is 2.33. The number of anilines is 1. The van der Waals surface area contributed by atoms with Crippen molar-refractivity contribution in [3.8, 4) is 0 Å². The van der Waals surface area contributed by atoms with Crippen LogP contribution in [-0.2, 0) is 9.59 Å². The lowest BCUT2D eigenvalue weighted by atomic mass is 9.94. The molecule has 4 N–H and O–H groups in total. The van der Waals surface area contributed by atoms with E-state index in [0.29, 0.717) is 11.6 Å². The fourth-order valence-corrected chi connectivity index (χ4v) is 4.75. The molecule has 186 valence electrons. The molecule has 2 aliphatic heterocycles. The number of likely N-dealkylation sites (tertiary alicyclic amines) is 1. The van der Waals surface area contributed by atoms with Gasteiger partial charge in [0.05, 0.1) is 17.8 Å². The molecule has 35 heavy (non-hydrogen) atoms. The van der Waals surface area contributed by atoms with Gasteiger partial charge in [0.15, 0.2) is 12.2 Å². The molecule has 8 nitrogen and oxygen atoms in total. The van der Waals surface area contributed by atoms with Crippen molar-refractivity contribution >= 4 is 29.1 Å². The monoisotopic (exact) mass is 498 g/mol. The van der Waals surface area contributed by atoms with Gasteiger partial charge in [-0.2, -0.15) is 0 Å². The number of carbonyl (C=O) groups excluding carboxylic acids is 2. The number of nitrogens with one attached hydrogen (secondary N) is 2. The molecule has 4 atom stereocenters. The van der Waals surface area contributed by atoms with E-state index in [4.69, 9.17) is 11.6 Å². The fourth-order valence-electron chi connectivity index (χ4n) is 4.55. The number of aliphatic hydroxyl groups excluding tert-OH is 2. The quantitative estimate of drug-likeness (QED) is 0.468. The van der Waals surface area contributed by atoms with Crippen LogP contribution in [0.2, 0.25) is 5.02 Å². The fraction of sp³-hybridized carbons (Fsp3) is 0.385. The lowest BCUT2D eigenvalue weighted by Gasteiger charge is -2.38. The Morgan fingerprint density at radius 3 is 2.57 bits per heavy atom. The minimum absolute atomic E-state index is 0.266. The third-order valence-corrected chi connectivity index (χ3v) is 6.74. The first-order valence-electron chi connectivity index (χ1n) is 11.9. The second-order valence-electron chi connectivity index (χ2n) is 8.93. The summed E-state index contributed by atoms with van der Waals surface area (Å²) in [6, 6.07) is 14.2. The molecule has 0 radical (unpaired) electrons. The highest BCUT2D eigenvalue weighted by atomic mass is 35.5. The van der Waals surface area contributed by atoms with Gasteiger partial charge in [0.25, 0.3) is 11.8 Å². The molecule has 1 unspecified atom stereocenters. The molecule has 2 amide bonds. The van der Waals surface area contributed by atoms with Crippen molar-refractivity contribution in [1.29, 1.82) is 0 Å². The van der Waals surface area contributed by atoms with Gasteiger partial charge in [-0.15, -0.1) is 0 Å². The smallest absolute Gasteiger partial charge is 0.255 e. The molecule has 0 spiro atoms. The predicted octanol–water partition coefficient (Wildman–Crippen LogP) is 2.83. The van der Waals surface area contributed by atoms with Gasteiger partial charge in [-0.1, -0.05) is 41.9 Å². The third-order valence-electron chi connectivity index (χ3n) is 6.50. The summed E-state index contributed by atoms with van der Waals surface area (Å²) < 4.78 is 0. The van der Waals surface area contributed by atoms with Gasteiger partial charge in [0, 0.05) is 24.3 Å². The number of hydrogen-bond donors (Lipinski definition) is 4. The maximum absolute atomic E-state index is 13.1. The van der Waals surface area contributed by atoms with Gasteiger partial charge in [0.1, 0.15) is 0 Å². The second kappa shape index (κ2) is 11.2. The van der Waals surface area contributed by atoms with Crippen LogP contribution >= 0.6 is 11.6 Å². The largest absolute Gasteiger partial charge is 0.380 e. The maximum Gasteiger partial charge on any atom is 0.255 e. The Morgan fingerprint density at radius 2 is 1.89 bits per heavy atom. The van der Waals surface area contributed by atoms with Crippen molar-refractivity contribution in [3.63, 3.8) is 0 Å². The van der Waals surface area contributed by atoms with E-state index in [0.717, 1.165) is 42.6 Å². The Balaban J connectivity index is 1.38. The third kappa shape index (κ3) is 5.85. The van der Waals surface area contributed by atoms with Crippen LogP contribution in [0.15, 0.2) is 60.8 Å². The van der Waals surface area contributed by atoms with Crippen LogP contribution in [0.5, 0.6) is 0 Å². The molecule has 2 aromatic carbocycles. The second-order valence-corrected chi connectivity index (χ2v) is 9.36. The van der Waals surface area contributed by atoms with E-state index in [9.17, 15) is 19.8 Å². The number of halogens is 1. The molecule has 4 rings (SSSR count). The Hall–Kier alpha value is -2.91. The number of aliphatic hydroxyl groups is 2. The first kappa shape index (κ1) is 25.2. The highest BCUT2D eigenvalue weighted by Gasteiger charge is 2.37. The summed E-state index contributed by atoms with van der Waals surface area (Å²) in [6.07, 6.45) is 2.63. The Labute approximate surface area is 210 Å². The predicted molar refractivity (Wildman–Crippen MR) is 134 cm³/mol. The molecule has 0 bridgehead atoms. The van der Waals surface area contributed by atoms with Crippen LogP contribution in [0, 0.1) is 0 Å². The lowest BCUT2D eigenvalue weighted by Crippen LogP contribution is -2.52. The Kier molecular flexibility index (Phi) is 8.07. The van der Waals surface area contributed by atoms with Crippen molar-refractivity contribution in [2.45, 2.75) is 50.5 Å². The standard InChI is InChI=1S/C26H31ClN4O4/c1-17(18-9-11-21(12-10-18)31-15-5-13-28-31)29-25(34)23(32)24(33)26(35)30-14-3-2-8-22(30)19-6-4-7-20(27)16-19/h4-7,9-12,15-17,22-24,28,32-33H,2-3,8,13-14H2,1H3,(H,29,34)/t17-,22?,23-,24-/m1/s1. The minimum atomic E-state index is -1.88. The first-order chi connectivity index (χ1) is 16.8. The number of amides is 2. The lowest BCUT2D eigenvalue weighted by molar-refractivity contribution is -0.156. The zero-order valence-corrected chi connectivity index (χ0v) is 20.4. The van der Waals surface area contributed by atoms with Gasteiger partial charge >= 0.3 is 0 Å². The molecule has 0 aliphatic carbocycles. The average molecular weight is 499 g/mol. The number of piperidine rings is 1. The molecule has 1 saturated heterocycles. The number of benzene rings is 2. The normalized spacial score (nSPS) is 20.4. The molecule has 1 fully saturated rings. The van der Waals surface area contributed by atoms with Crippen molar-refractivity contribution in [1.82, 2.24) is 15.6 Å². The van der Waals surface area contributed by atoms with Crippen LogP contribution in [0.1, 0.15) is 49.4 Å². The molecular formula is C26H31ClN4O4.